The van der Waals surface area contributed by atoms with Crippen LogP contribution in [0.2, 0.25) is 0 Å². The van der Waals surface area contributed by atoms with E-state index >= 15 is 0 Å². The monoisotopic (exact) mass is 321 g/mol. The third-order valence-corrected chi connectivity index (χ3v) is 4.42. The summed E-state index contributed by atoms with van der Waals surface area (Å²) in [5, 5.41) is 12.6. The Morgan fingerprint density at radius 1 is 1.35 bits per heavy atom. The summed E-state index contributed by atoms with van der Waals surface area (Å²) in [5.74, 6) is -1.40. The molecule has 0 aliphatic heterocycles. The maximum Gasteiger partial charge on any atom is 0.230 e. The van der Waals surface area contributed by atoms with E-state index in [2.05, 4.69) is 5.32 Å². The molecular formula is C17H17F2NO3. The zero-order chi connectivity index (χ0) is 16.4. The summed E-state index contributed by atoms with van der Waals surface area (Å²) in [7, 11) is 0. The van der Waals surface area contributed by atoms with Gasteiger partial charge in [-0.2, -0.15) is 0 Å². The standard InChI is InChI=1S/C17H17F2NO3/c18-11-4-5-12(13(19)9-11)17(6-2-7-17)16(22)20-10-14(21)15-3-1-8-23-15/h1,3-5,8-9,14,21H,2,6-7,10H2,(H,20,22)/t14-/m1/s1. The van der Waals surface area contributed by atoms with Gasteiger partial charge < -0.3 is 14.8 Å². The summed E-state index contributed by atoms with van der Waals surface area (Å²) in [6, 6.07) is 6.52. The summed E-state index contributed by atoms with van der Waals surface area (Å²) in [6.45, 7) is -0.0308. The van der Waals surface area contributed by atoms with Crippen LogP contribution in [0.15, 0.2) is 41.0 Å². The van der Waals surface area contributed by atoms with Gasteiger partial charge in [-0.15, -0.1) is 0 Å². The van der Waals surface area contributed by atoms with Crippen molar-refractivity contribution in [3.05, 3.63) is 59.6 Å². The van der Waals surface area contributed by atoms with Gasteiger partial charge in [-0.1, -0.05) is 12.5 Å². The van der Waals surface area contributed by atoms with Gasteiger partial charge in [0.1, 0.15) is 23.5 Å². The molecule has 1 saturated carbocycles. The molecule has 1 aromatic heterocycles. The van der Waals surface area contributed by atoms with Crippen molar-refractivity contribution in [1.29, 1.82) is 0 Å². The lowest BCUT2D eigenvalue weighted by atomic mass is 9.63. The highest BCUT2D eigenvalue weighted by Gasteiger charge is 2.47. The lowest BCUT2D eigenvalue weighted by Crippen LogP contribution is -2.50. The number of rotatable bonds is 5. The van der Waals surface area contributed by atoms with Crippen LogP contribution < -0.4 is 5.32 Å². The number of hydrogen-bond donors (Lipinski definition) is 2. The number of hydrogen-bond acceptors (Lipinski definition) is 3. The van der Waals surface area contributed by atoms with Gasteiger partial charge >= 0.3 is 0 Å². The number of carbonyl (C=O) groups excluding carboxylic acids is 1. The second-order valence-corrected chi connectivity index (χ2v) is 5.80. The number of amides is 1. The molecule has 1 aliphatic rings. The third kappa shape index (κ3) is 2.86. The molecule has 6 heteroatoms. The summed E-state index contributed by atoms with van der Waals surface area (Å²) in [6.07, 6.45) is 2.26. The first-order valence-corrected chi connectivity index (χ1v) is 7.48. The smallest absolute Gasteiger partial charge is 0.230 e. The molecule has 1 aliphatic carbocycles. The van der Waals surface area contributed by atoms with Gasteiger partial charge in [0.25, 0.3) is 0 Å². The van der Waals surface area contributed by atoms with Crippen molar-refractivity contribution in [2.45, 2.75) is 30.8 Å². The maximum absolute atomic E-state index is 14.1. The van der Waals surface area contributed by atoms with E-state index in [0.29, 0.717) is 18.6 Å². The SMILES string of the molecule is O=C(NC[C@@H](O)c1ccco1)C1(c2ccc(F)cc2F)CCC1. The summed E-state index contributed by atoms with van der Waals surface area (Å²) < 4.78 is 32.2. The Balaban J connectivity index is 1.73. The second-order valence-electron chi connectivity index (χ2n) is 5.80. The molecule has 122 valence electrons. The lowest BCUT2D eigenvalue weighted by molar-refractivity contribution is -0.130. The molecule has 0 radical (unpaired) electrons. The molecule has 1 fully saturated rings. The number of nitrogens with one attached hydrogen (secondary N) is 1. The van der Waals surface area contributed by atoms with Crippen molar-refractivity contribution in [1.82, 2.24) is 5.32 Å². The Morgan fingerprint density at radius 3 is 2.70 bits per heavy atom. The molecule has 0 spiro atoms. The Bertz CT molecular complexity index is 696. The molecule has 2 aromatic rings. The van der Waals surface area contributed by atoms with Gasteiger partial charge in [0.15, 0.2) is 0 Å². The lowest BCUT2D eigenvalue weighted by Gasteiger charge is -2.41. The predicted octanol–water partition coefficient (Wildman–Crippen LogP) is 2.83. The molecule has 23 heavy (non-hydrogen) atoms. The Hall–Kier alpha value is -2.21. The Morgan fingerprint density at radius 2 is 2.13 bits per heavy atom. The van der Waals surface area contributed by atoms with Crippen LogP contribution in [0.4, 0.5) is 8.78 Å². The van der Waals surface area contributed by atoms with Gasteiger partial charge in [0, 0.05) is 11.6 Å². The number of furan rings is 1. The first-order valence-electron chi connectivity index (χ1n) is 7.48. The Kier molecular flexibility index (Phi) is 4.17. The van der Waals surface area contributed by atoms with Crippen molar-refractivity contribution in [3.63, 3.8) is 0 Å². The molecule has 1 atom stereocenters. The third-order valence-electron chi connectivity index (χ3n) is 4.42. The van der Waals surface area contributed by atoms with Gasteiger partial charge in [-0.3, -0.25) is 4.79 Å². The van der Waals surface area contributed by atoms with Crippen LogP contribution in [0.25, 0.3) is 0 Å². The van der Waals surface area contributed by atoms with E-state index in [9.17, 15) is 18.7 Å². The van der Waals surface area contributed by atoms with E-state index in [1.807, 2.05) is 0 Å². The van der Waals surface area contributed by atoms with E-state index < -0.39 is 23.2 Å². The molecule has 2 N–H and O–H groups in total. The second kappa shape index (κ2) is 6.12. The molecule has 1 aromatic carbocycles. The zero-order valence-electron chi connectivity index (χ0n) is 12.4. The highest BCUT2D eigenvalue weighted by Crippen LogP contribution is 2.45. The van der Waals surface area contributed by atoms with Crippen LogP contribution in [-0.2, 0) is 10.2 Å². The molecule has 0 saturated heterocycles. The first-order chi connectivity index (χ1) is 11.0. The molecule has 4 nitrogen and oxygen atoms in total. The first kappa shape index (κ1) is 15.7. The van der Waals surface area contributed by atoms with Crippen molar-refractivity contribution in [2.24, 2.45) is 0 Å². The topological polar surface area (TPSA) is 62.5 Å². The largest absolute Gasteiger partial charge is 0.467 e. The van der Waals surface area contributed by atoms with E-state index in [1.54, 1.807) is 12.1 Å². The minimum atomic E-state index is -0.985. The van der Waals surface area contributed by atoms with Gasteiger partial charge in [-0.25, -0.2) is 8.78 Å². The fourth-order valence-corrected chi connectivity index (χ4v) is 2.97. The normalized spacial score (nSPS) is 17.3. The summed E-state index contributed by atoms with van der Waals surface area (Å²) >= 11 is 0. The molecular weight excluding hydrogens is 304 g/mol. The highest BCUT2D eigenvalue weighted by atomic mass is 19.1. The van der Waals surface area contributed by atoms with Crippen molar-refractivity contribution in [3.8, 4) is 0 Å². The highest BCUT2D eigenvalue weighted by molar-refractivity contribution is 5.89. The van der Waals surface area contributed by atoms with Crippen LogP contribution in [0.3, 0.4) is 0 Å². The van der Waals surface area contributed by atoms with E-state index in [4.69, 9.17) is 4.42 Å². The van der Waals surface area contributed by atoms with Gasteiger partial charge in [-0.05, 0) is 31.0 Å². The maximum atomic E-state index is 14.1. The minimum Gasteiger partial charge on any atom is -0.467 e. The van der Waals surface area contributed by atoms with Crippen molar-refractivity contribution < 1.29 is 23.1 Å². The summed E-state index contributed by atoms with van der Waals surface area (Å²) in [5.41, 5.74) is -0.782. The number of aliphatic hydroxyl groups is 1. The molecule has 0 bridgehead atoms. The van der Waals surface area contributed by atoms with E-state index in [-0.39, 0.29) is 18.0 Å². The minimum absolute atomic E-state index is 0.0308. The molecule has 3 rings (SSSR count). The average Bonchev–Trinajstić information content (AvgIpc) is 3.00. The van der Waals surface area contributed by atoms with E-state index in [1.165, 1.54) is 12.3 Å². The molecule has 0 unspecified atom stereocenters. The molecule has 1 amide bonds. The number of benzene rings is 1. The van der Waals surface area contributed by atoms with Crippen LogP contribution in [0.5, 0.6) is 0 Å². The summed E-state index contributed by atoms with van der Waals surface area (Å²) in [4.78, 5) is 12.5. The molecule has 1 heterocycles. The number of aliphatic hydroxyl groups excluding tert-OH is 1. The average molecular weight is 321 g/mol. The quantitative estimate of drug-likeness (QED) is 0.890. The van der Waals surface area contributed by atoms with Gasteiger partial charge in [0.05, 0.1) is 18.2 Å². The van der Waals surface area contributed by atoms with Crippen molar-refractivity contribution in [2.75, 3.05) is 6.54 Å². The van der Waals surface area contributed by atoms with Crippen LogP contribution in [0, 0.1) is 11.6 Å². The van der Waals surface area contributed by atoms with Crippen LogP contribution in [-0.4, -0.2) is 17.6 Å². The van der Waals surface area contributed by atoms with Crippen LogP contribution >= 0.6 is 0 Å². The number of halogens is 2. The van der Waals surface area contributed by atoms with E-state index in [0.717, 1.165) is 18.6 Å². The van der Waals surface area contributed by atoms with Crippen molar-refractivity contribution >= 4 is 5.91 Å². The Labute approximate surface area is 132 Å². The zero-order valence-corrected chi connectivity index (χ0v) is 12.4. The predicted molar refractivity (Wildman–Crippen MR) is 78.6 cm³/mol. The van der Waals surface area contributed by atoms with Gasteiger partial charge in [0.2, 0.25) is 5.91 Å². The van der Waals surface area contributed by atoms with Crippen LogP contribution in [0.1, 0.15) is 36.7 Å². The fourth-order valence-electron chi connectivity index (χ4n) is 2.97. The number of carbonyl (C=O) groups is 1. The fraction of sp³-hybridized carbons (Fsp3) is 0.353.